The van der Waals surface area contributed by atoms with Gasteiger partial charge in [0.05, 0.1) is 4.90 Å². The molecule has 6 nitrogen and oxygen atoms in total. The molecule has 0 saturated heterocycles. The maximum absolute atomic E-state index is 11.8. The van der Waals surface area contributed by atoms with Crippen molar-refractivity contribution in [1.29, 1.82) is 0 Å². The molecule has 1 heterocycles. The van der Waals surface area contributed by atoms with Gasteiger partial charge in [-0.3, -0.25) is 4.72 Å². The first-order valence-electron chi connectivity index (χ1n) is 4.72. The molecule has 0 aliphatic carbocycles. The molecule has 0 spiro atoms. The van der Waals surface area contributed by atoms with Crippen LogP contribution in [-0.2, 0) is 10.0 Å². The van der Waals surface area contributed by atoms with Crippen molar-refractivity contribution in [3.8, 4) is 5.75 Å². The fraction of sp³-hybridized carbons (Fsp3) is 0.100. The SMILES string of the molecule is Cc1cc(NS(=O)(=O)c2ccc(O)cc2)no1. The summed E-state index contributed by atoms with van der Waals surface area (Å²) in [6.45, 7) is 1.66. The van der Waals surface area contributed by atoms with Crippen molar-refractivity contribution in [1.82, 2.24) is 5.16 Å². The summed E-state index contributed by atoms with van der Waals surface area (Å²) >= 11 is 0. The van der Waals surface area contributed by atoms with Gasteiger partial charge in [-0.2, -0.15) is 0 Å². The maximum Gasteiger partial charge on any atom is 0.263 e. The van der Waals surface area contributed by atoms with Crippen molar-refractivity contribution in [2.24, 2.45) is 0 Å². The van der Waals surface area contributed by atoms with Gasteiger partial charge in [0.25, 0.3) is 10.0 Å². The van der Waals surface area contributed by atoms with Gasteiger partial charge in [0, 0.05) is 6.07 Å². The number of aromatic nitrogens is 1. The molecule has 2 rings (SSSR count). The van der Waals surface area contributed by atoms with E-state index in [0.29, 0.717) is 5.76 Å². The Kier molecular flexibility index (Phi) is 2.76. The van der Waals surface area contributed by atoms with Gasteiger partial charge in [-0.25, -0.2) is 8.42 Å². The second kappa shape index (κ2) is 4.10. The predicted octanol–water partition coefficient (Wildman–Crippen LogP) is 1.49. The zero-order valence-electron chi connectivity index (χ0n) is 8.91. The zero-order chi connectivity index (χ0) is 12.5. The average Bonchev–Trinajstić information content (AvgIpc) is 2.63. The Bertz CT molecular complexity index is 616. The smallest absolute Gasteiger partial charge is 0.263 e. The Labute approximate surface area is 97.9 Å². The summed E-state index contributed by atoms with van der Waals surface area (Å²) in [4.78, 5) is 0.0379. The van der Waals surface area contributed by atoms with E-state index in [4.69, 9.17) is 9.63 Å². The number of anilines is 1. The monoisotopic (exact) mass is 254 g/mol. The lowest BCUT2D eigenvalue weighted by Gasteiger charge is -2.04. The molecular formula is C10H10N2O4S. The number of aryl methyl sites for hydroxylation is 1. The van der Waals surface area contributed by atoms with Gasteiger partial charge >= 0.3 is 0 Å². The Morgan fingerprint density at radius 3 is 2.47 bits per heavy atom. The van der Waals surface area contributed by atoms with Crippen LogP contribution in [-0.4, -0.2) is 18.7 Å². The number of hydrogen-bond donors (Lipinski definition) is 2. The summed E-state index contributed by atoms with van der Waals surface area (Å²) in [7, 11) is -3.70. The van der Waals surface area contributed by atoms with Gasteiger partial charge in [-0.15, -0.1) is 0 Å². The minimum Gasteiger partial charge on any atom is -0.508 e. The summed E-state index contributed by atoms with van der Waals surface area (Å²) < 4.78 is 30.7. The van der Waals surface area contributed by atoms with E-state index >= 15 is 0 Å². The third kappa shape index (κ3) is 2.56. The number of nitrogens with zero attached hydrogens (tertiary/aromatic N) is 1. The summed E-state index contributed by atoms with van der Waals surface area (Å²) in [5, 5.41) is 12.6. The number of benzene rings is 1. The van der Waals surface area contributed by atoms with Crippen LogP contribution >= 0.6 is 0 Å². The van der Waals surface area contributed by atoms with Crippen LogP contribution < -0.4 is 4.72 Å². The van der Waals surface area contributed by atoms with E-state index in [1.165, 1.54) is 30.3 Å². The number of rotatable bonds is 3. The molecule has 1 aromatic carbocycles. The van der Waals surface area contributed by atoms with Gasteiger partial charge in [0.2, 0.25) is 0 Å². The number of phenolic OH excluding ortho intramolecular Hbond substituents is 1. The van der Waals surface area contributed by atoms with E-state index < -0.39 is 10.0 Å². The summed E-state index contributed by atoms with van der Waals surface area (Å²) in [6, 6.07) is 6.65. The van der Waals surface area contributed by atoms with Gasteiger partial charge in [0.1, 0.15) is 11.5 Å². The van der Waals surface area contributed by atoms with Gasteiger partial charge < -0.3 is 9.63 Å². The van der Waals surface area contributed by atoms with E-state index in [1.54, 1.807) is 6.92 Å². The topological polar surface area (TPSA) is 92.4 Å². The molecule has 7 heteroatoms. The van der Waals surface area contributed by atoms with Crippen LogP contribution in [0.5, 0.6) is 5.75 Å². The van der Waals surface area contributed by atoms with E-state index in [9.17, 15) is 8.42 Å². The first-order valence-corrected chi connectivity index (χ1v) is 6.21. The molecule has 0 amide bonds. The second-order valence-electron chi connectivity index (χ2n) is 3.42. The van der Waals surface area contributed by atoms with Crippen molar-refractivity contribution in [3.63, 3.8) is 0 Å². The number of nitrogens with one attached hydrogen (secondary N) is 1. The molecule has 0 radical (unpaired) electrons. The molecule has 0 bridgehead atoms. The lowest BCUT2D eigenvalue weighted by molar-refractivity contribution is 0.400. The van der Waals surface area contributed by atoms with Gasteiger partial charge in [-0.1, -0.05) is 5.16 Å². The van der Waals surface area contributed by atoms with Crippen LogP contribution in [0, 0.1) is 6.92 Å². The fourth-order valence-corrected chi connectivity index (χ4v) is 2.22. The van der Waals surface area contributed by atoms with Crippen LogP contribution in [0.3, 0.4) is 0 Å². The Balaban J connectivity index is 2.28. The van der Waals surface area contributed by atoms with Crippen molar-refractivity contribution < 1.29 is 18.0 Å². The number of hydrogen-bond acceptors (Lipinski definition) is 5. The second-order valence-corrected chi connectivity index (χ2v) is 5.10. The van der Waals surface area contributed by atoms with Crippen LogP contribution in [0.2, 0.25) is 0 Å². The van der Waals surface area contributed by atoms with Crippen molar-refractivity contribution in [3.05, 3.63) is 36.1 Å². The molecular weight excluding hydrogens is 244 g/mol. The summed E-state index contributed by atoms with van der Waals surface area (Å²) in [5.74, 6) is 0.630. The highest BCUT2D eigenvalue weighted by Gasteiger charge is 2.15. The molecule has 17 heavy (non-hydrogen) atoms. The van der Waals surface area contributed by atoms with Crippen molar-refractivity contribution >= 4 is 15.8 Å². The molecule has 0 fully saturated rings. The number of phenols is 1. The van der Waals surface area contributed by atoms with E-state index in [-0.39, 0.29) is 16.5 Å². The quantitative estimate of drug-likeness (QED) is 0.865. The number of sulfonamides is 1. The third-order valence-electron chi connectivity index (χ3n) is 2.01. The van der Waals surface area contributed by atoms with E-state index in [2.05, 4.69) is 9.88 Å². The van der Waals surface area contributed by atoms with E-state index in [1.807, 2.05) is 0 Å². The predicted molar refractivity (Wildman–Crippen MR) is 60.2 cm³/mol. The lowest BCUT2D eigenvalue weighted by atomic mass is 10.3. The molecule has 1 aromatic heterocycles. The first-order chi connectivity index (χ1) is 7.97. The summed E-state index contributed by atoms with van der Waals surface area (Å²) in [6.07, 6.45) is 0. The highest BCUT2D eigenvalue weighted by atomic mass is 32.2. The molecule has 0 aliphatic rings. The maximum atomic E-state index is 11.8. The molecule has 0 saturated carbocycles. The summed E-state index contributed by atoms with van der Waals surface area (Å²) in [5.41, 5.74) is 0. The Morgan fingerprint density at radius 1 is 1.29 bits per heavy atom. The highest BCUT2D eigenvalue weighted by Crippen LogP contribution is 2.18. The largest absolute Gasteiger partial charge is 0.508 e. The van der Waals surface area contributed by atoms with Gasteiger partial charge in [-0.05, 0) is 31.2 Å². The molecule has 0 aliphatic heterocycles. The lowest BCUT2D eigenvalue weighted by Crippen LogP contribution is -2.12. The number of aromatic hydroxyl groups is 1. The van der Waals surface area contributed by atoms with Crippen LogP contribution in [0.25, 0.3) is 0 Å². The van der Waals surface area contributed by atoms with Crippen molar-refractivity contribution in [2.45, 2.75) is 11.8 Å². The highest BCUT2D eigenvalue weighted by molar-refractivity contribution is 7.92. The zero-order valence-corrected chi connectivity index (χ0v) is 9.73. The average molecular weight is 254 g/mol. The fourth-order valence-electron chi connectivity index (χ4n) is 1.24. The molecule has 2 N–H and O–H groups in total. The minimum absolute atomic E-state index is 0.00114. The molecule has 0 unspecified atom stereocenters. The van der Waals surface area contributed by atoms with E-state index in [0.717, 1.165) is 0 Å². The molecule has 0 atom stereocenters. The molecule has 90 valence electrons. The molecule has 2 aromatic rings. The Morgan fingerprint density at radius 2 is 1.94 bits per heavy atom. The first kappa shape index (κ1) is 11.5. The van der Waals surface area contributed by atoms with Gasteiger partial charge in [0.15, 0.2) is 5.82 Å². The third-order valence-corrected chi connectivity index (χ3v) is 3.38. The van der Waals surface area contributed by atoms with Crippen molar-refractivity contribution in [2.75, 3.05) is 4.72 Å². The normalized spacial score (nSPS) is 11.4. The standard InChI is InChI=1S/C10H10N2O4S/c1-7-6-10(11-16-7)12-17(14,15)9-4-2-8(13)3-5-9/h2-6,13H,1H3,(H,11,12). The van der Waals surface area contributed by atoms with Crippen LogP contribution in [0.1, 0.15) is 5.76 Å². The van der Waals surface area contributed by atoms with Crippen LogP contribution in [0.4, 0.5) is 5.82 Å². The van der Waals surface area contributed by atoms with Crippen LogP contribution in [0.15, 0.2) is 39.8 Å². The Hall–Kier alpha value is -2.02. The minimum atomic E-state index is -3.70.